The second-order valence-corrected chi connectivity index (χ2v) is 4.74. The molecule has 0 bridgehead atoms. The summed E-state index contributed by atoms with van der Waals surface area (Å²) in [6, 6.07) is -0.312. The summed E-state index contributed by atoms with van der Waals surface area (Å²) in [5.41, 5.74) is 0. The summed E-state index contributed by atoms with van der Waals surface area (Å²) in [6.07, 6.45) is 2.69. The van der Waals surface area contributed by atoms with Gasteiger partial charge in [0.25, 0.3) is 0 Å². The first-order chi connectivity index (χ1) is 7.49. The molecule has 3 N–H and O–H groups in total. The summed E-state index contributed by atoms with van der Waals surface area (Å²) in [6.45, 7) is 4.08. The quantitative estimate of drug-likeness (QED) is 0.587. The monoisotopic (exact) mass is 228 g/mol. The molecule has 5 heteroatoms. The van der Waals surface area contributed by atoms with E-state index in [-0.39, 0.29) is 18.4 Å². The topological polar surface area (TPSA) is 78.4 Å². The summed E-state index contributed by atoms with van der Waals surface area (Å²) in [5.74, 6) is -0.953. The average Bonchev–Trinajstić information content (AvgIpc) is 2.96. The van der Waals surface area contributed by atoms with Crippen molar-refractivity contribution < 1.29 is 14.7 Å². The summed E-state index contributed by atoms with van der Waals surface area (Å²) in [5, 5.41) is 14.5. The second kappa shape index (κ2) is 5.84. The Morgan fingerprint density at radius 3 is 2.44 bits per heavy atom. The minimum atomic E-state index is -0.964. The van der Waals surface area contributed by atoms with Crippen LogP contribution in [-0.2, 0) is 9.59 Å². The van der Waals surface area contributed by atoms with E-state index in [0.717, 1.165) is 12.8 Å². The molecule has 0 unspecified atom stereocenters. The standard InChI is InChI=1S/C11H20N2O3/c1-7(2)5-9(11(15)16)13-10(14)6-12-8-3-4-8/h7-9,12H,3-6H2,1-2H3,(H,13,14)(H,15,16)/t9-/m1/s1. The molecular formula is C11H20N2O3. The number of hydrogen-bond donors (Lipinski definition) is 3. The van der Waals surface area contributed by atoms with Crippen LogP contribution in [-0.4, -0.2) is 35.6 Å². The van der Waals surface area contributed by atoms with Crippen LogP contribution in [0.2, 0.25) is 0 Å². The van der Waals surface area contributed by atoms with Crippen LogP contribution in [0, 0.1) is 5.92 Å². The van der Waals surface area contributed by atoms with Gasteiger partial charge in [-0.05, 0) is 25.2 Å². The number of rotatable bonds is 7. The molecule has 1 saturated carbocycles. The number of nitrogens with one attached hydrogen (secondary N) is 2. The van der Waals surface area contributed by atoms with Gasteiger partial charge >= 0.3 is 5.97 Å². The Morgan fingerprint density at radius 2 is 2.00 bits per heavy atom. The molecule has 92 valence electrons. The Hall–Kier alpha value is -1.10. The lowest BCUT2D eigenvalue weighted by atomic mass is 10.0. The summed E-state index contributed by atoms with van der Waals surface area (Å²) in [7, 11) is 0. The normalized spacial score (nSPS) is 17.2. The fourth-order valence-corrected chi connectivity index (χ4v) is 1.46. The molecule has 1 aliphatic rings. The third kappa shape index (κ3) is 5.11. The van der Waals surface area contributed by atoms with Crippen molar-refractivity contribution in [2.45, 2.75) is 45.2 Å². The second-order valence-electron chi connectivity index (χ2n) is 4.74. The lowest BCUT2D eigenvalue weighted by Crippen LogP contribution is -2.45. The van der Waals surface area contributed by atoms with Crippen molar-refractivity contribution in [3.8, 4) is 0 Å². The van der Waals surface area contributed by atoms with Crippen LogP contribution in [0.15, 0.2) is 0 Å². The predicted octanol–water partition coefficient (Wildman–Crippen LogP) is 0.354. The minimum absolute atomic E-state index is 0.215. The van der Waals surface area contributed by atoms with Crippen LogP contribution < -0.4 is 10.6 Å². The van der Waals surface area contributed by atoms with Crippen molar-refractivity contribution in [2.24, 2.45) is 5.92 Å². The highest BCUT2D eigenvalue weighted by molar-refractivity contribution is 5.84. The van der Waals surface area contributed by atoms with Crippen molar-refractivity contribution in [3.63, 3.8) is 0 Å². The molecule has 1 amide bonds. The van der Waals surface area contributed by atoms with E-state index < -0.39 is 12.0 Å². The van der Waals surface area contributed by atoms with Crippen LogP contribution in [0.5, 0.6) is 0 Å². The van der Waals surface area contributed by atoms with E-state index in [2.05, 4.69) is 10.6 Å². The zero-order chi connectivity index (χ0) is 12.1. The Balaban J connectivity index is 2.28. The largest absolute Gasteiger partial charge is 0.480 e. The van der Waals surface area contributed by atoms with Gasteiger partial charge in [0.15, 0.2) is 0 Å². The molecule has 1 rings (SSSR count). The summed E-state index contributed by atoms with van der Waals surface area (Å²) >= 11 is 0. The van der Waals surface area contributed by atoms with E-state index >= 15 is 0 Å². The molecular weight excluding hydrogens is 208 g/mol. The van der Waals surface area contributed by atoms with Crippen molar-refractivity contribution in [2.75, 3.05) is 6.54 Å². The molecule has 16 heavy (non-hydrogen) atoms. The zero-order valence-electron chi connectivity index (χ0n) is 9.82. The smallest absolute Gasteiger partial charge is 0.326 e. The number of aliphatic carboxylic acids is 1. The Morgan fingerprint density at radius 1 is 1.38 bits per heavy atom. The van der Waals surface area contributed by atoms with E-state index in [4.69, 9.17) is 5.11 Å². The summed E-state index contributed by atoms with van der Waals surface area (Å²) < 4.78 is 0. The van der Waals surface area contributed by atoms with Crippen LogP contribution >= 0.6 is 0 Å². The number of hydrogen-bond acceptors (Lipinski definition) is 3. The van der Waals surface area contributed by atoms with Crippen molar-refractivity contribution in [3.05, 3.63) is 0 Å². The number of carbonyl (C=O) groups excluding carboxylic acids is 1. The third-order valence-corrected chi connectivity index (χ3v) is 2.47. The SMILES string of the molecule is CC(C)C[C@@H](NC(=O)CNC1CC1)C(=O)O. The highest BCUT2D eigenvalue weighted by atomic mass is 16.4. The van der Waals surface area contributed by atoms with Gasteiger partial charge < -0.3 is 15.7 Å². The first-order valence-corrected chi connectivity index (χ1v) is 5.74. The number of carboxylic acid groups (broad SMARTS) is 1. The van der Waals surface area contributed by atoms with Gasteiger partial charge in [0, 0.05) is 6.04 Å². The third-order valence-electron chi connectivity index (χ3n) is 2.47. The molecule has 5 nitrogen and oxygen atoms in total. The Kier molecular flexibility index (Phi) is 4.73. The fraction of sp³-hybridized carbons (Fsp3) is 0.818. The Bertz CT molecular complexity index is 262. The predicted molar refractivity (Wildman–Crippen MR) is 60.0 cm³/mol. The molecule has 1 atom stereocenters. The maximum absolute atomic E-state index is 11.4. The Labute approximate surface area is 95.6 Å². The molecule has 0 radical (unpaired) electrons. The maximum atomic E-state index is 11.4. The van der Waals surface area contributed by atoms with Gasteiger partial charge in [0.05, 0.1) is 6.54 Å². The number of amides is 1. The van der Waals surface area contributed by atoms with Gasteiger partial charge in [0.2, 0.25) is 5.91 Å². The molecule has 0 heterocycles. The minimum Gasteiger partial charge on any atom is -0.480 e. The molecule has 0 aromatic rings. The number of carboxylic acids is 1. The van der Waals surface area contributed by atoms with E-state index in [1.54, 1.807) is 0 Å². The van der Waals surface area contributed by atoms with E-state index in [1.807, 2.05) is 13.8 Å². The molecule has 0 spiro atoms. The molecule has 1 aliphatic carbocycles. The molecule has 0 aromatic carbocycles. The maximum Gasteiger partial charge on any atom is 0.326 e. The van der Waals surface area contributed by atoms with Crippen molar-refractivity contribution in [1.82, 2.24) is 10.6 Å². The van der Waals surface area contributed by atoms with Gasteiger partial charge in [-0.1, -0.05) is 13.8 Å². The van der Waals surface area contributed by atoms with Gasteiger partial charge in [-0.3, -0.25) is 4.79 Å². The first-order valence-electron chi connectivity index (χ1n) is 5.74. The lowest BCUT2D eigenvalue weighted by molar-refractivity contribution is -0.142. The van der Waals surface area contributed by atoms with E-state index in [9.17, 15) is 9.59 Å². The molecule has 0 aliphatic heterocycles. The lowest BCUT2D eigenvalue weighted by Gasteiger charge is -2.16. The highest BCUT2D eigenvalue weighted by Gasteiger charge is 2.24. The highest BCUT2D eigenvalue weighted by Crippen LogP contribution is 2.17. The van der Waals surface area contributed by atoms with Gasteiger partial charge in [0.1, 0.15) is 6.04 Å². The van der Waals surface area contributed by atoms with Gasteiger partial charge in [-0.15, -0.1) is 0 Å². The average molecular weight is 228 g/mol. The molecule has 1 fully saturated rings. The van der Waals surface area contributed by atoms with Crippen LogP contribution in [0.3, 0.4) is 0 Å². The van der Waals surface area contributed by atoms with Crippen LogP contribution in [0.4, 0.5) is 0 Å². The van der Waals surface area contributed by atoms with Gasteiger partial charge in [-0.2, -0.15) is 0 Å². The van der Waals surface area contributed by atoms with Crippen LogP contribution in [0.25, 0.3) is 0 Å². The fourth-order valence-electron chi connectivity index (χ4n) is 1.46. The first kappa shape index (κ1) is 13.0. The van der Waals surface area contributed by atoms with Gasteiger partial charge in [-0.25, -0.2) is 4.79 Å². The van der Waals surface area contributed by atoms with Crippen molar-refractivity contribution >= 4 is 11.9 Å². The van der Waals surface area contributed by atoms with E-state index in [1.165, 1.54) is 0 Å². The number of carbonyl (C=O) groups is 2. The molecule has 0 aromatic heterocycles. The van der Waals surface area contributed by atoms with E-state index in [0.29, 0.717) is 12.5 Å². The zero-order valence-corrected chi connectivity index (χ0v) is 9.82. The molecule has 0 saturated heterocycles. The summed E-state index contributed by atoms with van der Waals surface area (Å²) in [4.78, 5) is 22.3. The van der Waals surface area contributed by atoms with Crippen LogP contribution in [0.1, 0.15) is 33.1 Å². The van der Waals surface area contributed by atoms with Crippen molar-refractivity contribution in [1.29, 1.82) is 0 Å².